The van der Waals surface area contributed by atoms with Gasteiger partial charge in [0, 0.05) is 13.1 Å². The number of morpholine rings is 1. The van der Waals surface area contributed by atoms with Crippen molar-refractivity contribution in [3.05, 3.63) is 30.1 Å². The summed E-state index contributed by atoms with van der Waals surface area (Å²) >= 11 is 0. The summed E-state index contributed by atoms with van der Waals surface area (Å²) in [7, 11) is -3.88. The van der Waals surface area contributed by atoms with Gasteiger partial charge >= 0.3 is 0 Å². The average molecular weight is 344 g/mol. The first kappa shape index (κ1) is 17.8. The summed E-state index contributed by atoms with van der Waals surface area (Å²) in [4.78, 5) is 13.9. The molecule has 0 aromatic heterocycles. The summed E-state index contributed by atoms with van der Waals surface area (Å²) in [6.07, 6.45) is -0.188. The maximum Gasteiger partial charge on any atom is 0.241 e. The van der Waals surface area contributed by atoms with Crippen LogP contribution in [-0.2, 0) is 19.6 Å². The van der Waals surface area contributed by atoms with Crippen molar-refractivity contribution < 1.29 is 22.3 Å². The first-order valence-electron chi connectivity index (χ1n) is 7.41. The maximum absolute atomic E-state index is 12.9. The highest BCUT2D eigenvalue weighted by molar-refractivity contribution is 7.89. The van der Waals surface area contributed by atoms with Gasteiger partial charge in [-0.05, 0) is 45.0 Å². The van der Waals surface area contributed by atoms with Crippen LogP contribution in [0.25, 0.3) is 0 Å². The quantitative estimate of drug-likeness (QED) is 0.888. The Hall–Kier alpha value is -1.51. The molecule has 1 aromatic rings. The molecule has 8 heteroatoms. The number of nitrogens with one attached hydrogen (secondary N) is 1. The molecular formula is C15H21FN2O4S. The number of nitrogens with zero attached hydrogens (tertiary/aromatic N) is 1. The van der Waals surface area contributed by atoms with Gasteiger partial charge in [-0.15, -0.1) is 0 Å². The number of carbonyl (C=O) groups is 1. The number of benzene rings is 1. The Bertz CT molecular complexity index is 653. The van der Waals surface area contributed by atoms with Crippen molar-refractivity contribution in [1.82, 2.24) is 9.62 Å². The van der Waals surface area contributed by atoms with Crippen LogP contribution >= 0.6 is 0 Å². The van der Waals surface area contributed by atoms with Crippen LogP contribution in [0.4, 0.5) is 4.39 Å². The molecule has 1 saturated heterocycles. The molecule has 128 valence electrons. The third-order valence-corrected chi connectivity index (χ3v) is 5.11. The van der Waals surface area contributed by atoms with Crippen LogP contribution in [0, 0.1) is 5.82 Å². The van der Waals surface area contributed by atoms with E-state index in [1.807, 2.05) is 13.8 Å². The fourth-order valence-electron chi connectivity index (χ4n) is 2.60. The van der Waals surface area contributed by atoms with Gasteiger partial charge in [0.2, 0.25) is 15.9 Å². The van der Waals surface area contributed by atoms with E-state index in [9.17, 15) is 17.6 Å². The Morgan fingerprint density at radius 1 is 1.26 bits per heavy atom. The zero-order chi connectivity index (χ0) is 17.2. The Balaban J connectivity index is 2.06. The van der Waals surface area contributed by atoms with E-state index < -0.39 is 21.9 Å². The van der Waals surface area contributed by atoms with Gasteiger partial charge in [-0.25, -0.2) is 12.8 Å². The number of amides is 1. The van der Waals surface area contributed by atoms with Crippen molar-refractivity contribution in [3.8, 4) is 0 Å². The Morgan fingerprint density at radius 3 is 2.30 bits per heavy atom. The molecule has 2 rings (SSSR count). The molecule has 0 radical (unpaired) electrons. The van der Waals surface area contributed by atoms with E-state index in [1.54, 1.807) is 4.90 Å². The molecule has 1 N–H and O–H groups in total. The maximum atomic E-state index is 12.9. The van der Waals surface area contributed by atoms with E-state index in [-0.39, 0.29) is 23.0 Å². The minimum Gasteiger partial charge on any atom is -0.372 e. The Labute approximate surface area is 135 Å². The molecule has 1 amide bonds. The minimum absolute atomic E-state index is 0.0812. The highest BCUT2D eigenvalue weighted by Gasteiger charge is 2.30. The highest BCUT2D eigenvalue weighted by atomic mass is 32.2. The van der Waals surface area contributed by atoms with Gasteiger partial charge in [-0.1, -0.05) is 0 Å². The second kappa shape index (κ2) is 6.94. The van der Waals surface area contributed by atoms with Gasteiger partial charge in [-0.3, -0.25) is 4.79 Å². The van der Waals surface area contributed by atoms with E-state index >= 15 is 0 Å². The summed E-state index contributed by atoms with van der Waals surface area (Å²) in [5, 5.41) is 0. The lowest BCUT2D eigenvalue weighted by Crippen LogP contribution is -2.54. The SMILES string of the molecule is CC1CN(C(=O)C(C)NS(=O)(=O)c2ccc(F)cc2)CC(C)O1. The van der Waals surface area contributed by atoms with E-state index in [0.29, 0.717) is 13.1 Å². The molecular weight excluding hydrogens is 323 g/mol. The zero-order valence-corrected chi connectivity index (χ0v) is 14.1. The largest absolute Gasteiger partial charge is 0.372 e. The summed E-state index contributed by atoms with van der Waals surface area (Å²) < 4.78 is 45.3. The lowest BCUT2D eigenvalue weighted by Gasteiger charge is -2.36. The molecule has 0 saturated carbocycles. The van der Waals surface area contributed by atoms with Crippen molar-refractivity contribution >= 4 is 15.9 Å². The van der Waals surface area contributed by atoms with Crippen molar-refractivity contribution in [2.75, 3.05) is 13.1 Å². The Kier molecular flexibility index (Phi) is 5.38. The molecule has 0 bridgehead atoms. The summed E-state index contributed by atoms with van der Waals surface area (Å²) in [6, 6.07) is 3.53. The van der Waals surface area contributed by atoms with Crippen LogP contribution in [0.3, 0.4) is 0 Å². The number of carbonyl (C=O) groups excluding carboxylic acids is 1. The van der Waals surface area contributed by atoms with E-state index in [1.165, 1.54) is 6.92 Å². The molecule has 1 aromatic carbocycles. The second-order valence-corrected chi connectivity index (χ2v) is 7.51. The van der Waals surface area contributed by atoms with Gasteiger partial charge in [0.25, 0.3) is 0 Å². The van der Waals surface area contributed by atoms with Crippen molar-refractivity contribution in [3.63, 3.8) is 0 Å². The molecule has 1 aliphatic heterocycles. The van der Waals surface area contributed by atoms with Crippen molar-refractivity contribution in [1.29, 1.82) is 0 Å². The molecule has 3 unspecified atom stereocenters. The van der Waals surface area contributed by atoms with Gasteiger partial charge in [0.15, 0.2) is 0 Å². The topological polar surface area (TPSA) is 75.7 Å². The molecule has 3 atom stereocenters. The van der Waals surface area contributed by atoms with E-state index in [0.717, 1.165) is 24.3 Å². The van der Waals surface area contributed by atoms with Crippen LogP contribution < -0.4 is 4.72 Å². The van der Waals surface area contributed by atoms with Gasteiger partial charge in [0.05, 0.1) is 23.1 Å². The molecule has 1 fully saturated rings. The lowest BCUT2D eigenvalue weighted by molar-refractivity contribution is -0.144. The predicted octanol–water partition coefficient (Wildman–Crippen LogP) is 1.13. The van der Waals surface area contributed by atoms with Crippen molar-refractivity contribution in [2.24, 2.45) is 0 Å². The number of sulfonamides is 1. The molecule has 1 aliphatic rings. The van der Waals surface area contributed by atoms with Crippen LogP contribution in [0.2, 0.25) is 0 Å². The third-order valence-electron chi connectivity index (χ3n) is 3.56. The first-order chi connectivity index (χ1) is 10.7. The first-order valence-corrected chi connectivity index (χ1v) is 8.89. The smallest absolute Gasteiger partial charge is 0.241 e. The van der Waals surface area contributed by atoms with E-state index in [2.05, 4.69) is 4.72 Å². The number of hydrogen-bond acceptors (Lipinski definition) is 4. The number of ether oxygens (including phenoxy) is 1. The number of hydrogen-bond donors (Lipinski definition) is 1. The van der Waals surface area contributed by atoms with Crippen LogP contribution in [0.1, 0.15) is 20.8 Å². The van der Waals surface area contributed by atoms with Gasteiger partial charge < -0.3 is 9.64 Å². The van der Waals surface area contributed by atoms with Crippen LogP contribution in [-0.4, -0.2) is 50.6 Å². The van der Waals surface area contributed by atoms with Gasteiger partial charge in [0.1, 0.15) is 5.82 Å². The summed E-state index contributed by atoms with van der Waals surface area (Å²) in [6.45, 7) is 6.07. The normalized spacial score (nSPS) is 23.6. The highest BCUT2D eigenvalue weighted by Crippen LogP contribution is 2.14. The summed E-state index contributed by atoms with van der Waals surface area (Å²) in [5.41, 5.74) is 0. The van der Waals surface area contributed by atoms with E-state index in [4.69, 9.17) is 4.74 Å². The molecule has 1 heterocycles. The molecule has 0 aliphatic carbocycles. The average Bonchev–Trinajstić information content (AvgIpc) is 2.45. The third kappa shape index (κ3) is 4.49. The van der Waals surface area contributed by atoms with Crippen LogP contribution in [0.5, 0.6) is 0 Å². The zero-order valence-electron chi connectivity index (χ0n) is 13.3. The minimum atomic E-state index is -3.88. The molecule has 23 heavy (non-hydrogen) atoms. The van der Waals surface area contributed by atoms with Gasteiger partial charge in [-0.2, -0.15) is 4.72 Å². The molecule has 6 nitrogen and oxygen atoms in total. The lowest BCUT2D eigenvalue weighted by atomic mass is 10.2. The fraction of sp³-hybridized carbons (Fsp3) is 0.533. The Morgan fingerprint density at radius 2 is 1.78 bits per heavy atom. The fourth-order valence-corrected chi connectivity index (χ4v) is 3.79. The number of halogens is 1. The second-order valence-electron chi connectivity index (χ2n) is 5.80. The van der Waals surface area contributed by atoms with Crippen molar-refractivity contribution in [2.45, 2.75) is 43.9 Å². The standard InChI is InChI=1S/C15H21FN2O4S/c1-10-8-18(9-11(2)22-10)15(19)12(3)17-23(20,21)14-6-4-13(16)5-7-14/h4-7,10-12,17H,8-9H2,1-3H3. The number of rotatable bonds is 4. The predicted molar refractivity (Wildman–Crippen MR) is 82.8 cm³/mol. The summed E-state index contributed by atoms with van der Waals surface area (Å²) in [5.74, 6) is -0.831. The monoisotopic (exact) mass is 344 g/mol. The molecule has 0 spiro atoms. The van der Waals surface area contributed by atoms with Crippen LogP contribution in [0.15, 0.2) is 29.2 Å².